The van der Waals surface area contributed by atoms with Crippen molar-refractivity contribution >= 4 is 16.2 Å². The normalized spacial score (nSPS) is 20.8. The molecule has 1 saturated carbocycles. The van der Waals surface area contributed by atoms with Crippen LogP contribution in [0.15, 0.2) is 59.0 Å². The number of nitrogens with zero attached hydrogens (tertiary/aromatic N) is 1. The Morgan fingerprint density at radius 2 is 1.67 bits per heavy atom. The van der Waals surface area contributed by atoms with Crippen LogP contribution in [0.3, 0.4) is 0 Å². The highest BCUT2D eigenvalue weighted by atomic mass is 32.2. The third-order valence-electron chi connectivity index (χ3n) is 5.74. The molecule has 1 unspecified atom stereocenters. The highest BCUT2D eigenvalue weighted by Crippen LogP contribution is 2.32. The quantitative estimate of drug-likeness (QED) is 0.695. The van der Waals surface area contributed by atoms with Crippen LogP contribution in [0.25, 0.3) is 6.08 Å². The maximum absolute atomic E-state index is 10.5. The molecule has 30 heavy (non-hydrogen) atoms. The molecular weight excluding hydrogens is 398 g/mol. The van der Waals surface area contributed by atoms with Gasteiger partial charge in [-0.05, 0) is 75.5 Å². The zero-order valence-corrected chi connectivity index (χ0v) is 18.6. The molecule has 1 aliphatic carbocycles. The van der Waals surface area contributed by atoms with Crippen molar-refractivity contribution in [2.24, 2.45) is 0 Å². The van der Waals surface area contributed by atoms with E-state index in [1.807, 2.05) is 19.1 Å². The number of rotatable bonds is 4. The minimum absolute atomic E-state index is 0.0666. The third kappa shape index (κ3) is 6.17. The van der Waals surface area contributed by atoms with E-state index in [1.54, 1.807) is 24.8 Å². The van der Waals surface area contributed by atoms with Gasteiger partial charge < -0.3 is 4.74 Å². The summed E-state index contributed by atoms with van der Waals surface area (Å²) >= 11 is 0. The topological polar surface area (TPSA) is 66.8 Å². The minimum Gasteiger partial charge on any atom is -0.497 e. The number of methoxy groups -OCH3 is 1. The molecule has 6 heteroatoms. The monoisotopic (exact) mass is 429 g/mol. The zero-order valence-electron chi connectivity index (χ0n) is 17.8. The van der Waals surface area contributed by atoms with Crippen LogP contribution in [-0.4, -0.2) is 44.1 Å². The van der Waals surface area contributed by atoms with Crippen LogP contribution in [0.5, 0.6) is 5.75 Å². The highest BCUT2D eigenvalue weighted by molar-refractivity contribution is 7.85. The van der Waals surface area contributed by atoms with E-state index >= 15 is 0 Å². The highest BCUT2D eigenvalue weighted by Gasteiger charge is 2.28. The van der Waals surface area contributed by atoms with Gasteiger partial charge in [-0.15, -0.1) is 0 Å². The Kier molecular flexibility index (Phi) is 7.69. The van der Waals surface area contributed by atoms with E-state index < -0.39 is 10.1 Å². The van der Waals surface area contributed by atoms with Crippen molar-refractivity contribution in [2.75, 3.05) is 20.2 Å². The molecule has 0 spiro atoms. The number of hydrogen-bond acceptors (Lipinski definition) is 4. The zero-order chi connectivity index (χ0) is 21.6. The molecule has 5 nitrogen and oxygen atoms in total. The van der Waals surface area contributed by atoms with E-state index in [-0.39, 0.29) is 4.90 Å². The van der Waals surface area contributed by atoms with Crippen LogP contribution in [0, 0.1) is 6.92 Å². The summed E-state index contributed by atoms with van der Waals surface area (Å²) in [5, 5.41) is 0. The summed E-state index contributed by atoms with van der Waals surface area (Å²) in [6, 6.07) is 15.1. The molecule has 1 heterocycles. The standard InChI is InChI=1S/C17H23NO.C7H8O3S/c1-19-16-9-7-14(8-10-16)13-15-5-2-3-6-17(15)18-11-4-12-18;1-6-2-4-7(5-3-6)11(8,9)10/h7-10,13,17H,2-6,11-12H2,1H3;2-5H,1H3,(H,8,9,10)/b15-13-;. The molecule has 1 aliphatic heterocycles. The average molecular weight is 430 g/mol. The first-order valence-corrected chi connectivity index (χ1v) is 11.9. The molecule has 4 rings (SSSR count). The van der Waals surface area contributed by atoms with Crippen molar-refractivity contribution in [1.82, 2.24) is 4.90 Å². The smallest absolute Gasteiger partial charge is 0.294 e. The lowest BCUT2D eigenvalue weighted by Crippen LogP contribution is -2.46. The lowest BCUT2D eigenvalue weighted by atomic mass is 9.86. The third-order valence-corrected chi connectivity index (χ3v) is 6.61. The summed E-state index contributed by atoms with van der Waals surface area (Å²) in [6.07, 6.45) is 9.15. The van der Waals surface area contributed by atoms with Crippen LogP contribution < -0.4 is 4.74 Å². The molecule has 2 aromatic rings. The molecule has 0 bridgehead atoms. The molecule has 1 atom stereocenters. The number of ether oxygens (including phenoxy) is 1. The Morgan fingerprint density at radius 3 is 2.20 bits per heavy atom. The van der Waals surface area contributed by atoms with E-state index in [2.05, 4.69) is 23.1 Å². The molecule has 0 amide bonds. The van der Waals surface area contributed by atoms with Crippen LogP contribution in [0.4, 0.5) is 0 Å². The van der Waals surface area contributed by atoms with Crippen LogP contribution >= 0.6 is 0 Å². The van der Waals surface area contributed by atoms with Crippen molar-refractivity contribution in [3.8, 4) is 5.75 Å². The molecule has 1 N–H and O–H groups in total. The fraction of sp³-hybridized carbons (Fsp3) is 0.417. The van der Waals surface area contributed by atoms with Gasteiger partial charge in [0.15, 0.2) is 0 Å². The number of hydrogen-bond donors (Lipinski definition) is 1. The predicted octanol–water partition coefficient (Wildman–Crippen LogP) is 4.97. The Balaban J connectivity index is 0.000000199. The first-order valence-electron chi connectivity index (χ1n) is 10.5. The summed E-state index contributed by atoms with van der Waals surface area (Å²) in [4.78, 5) is 2.58. The van der Waals surface area contributed by atoms with Crippen LogP contribution in [0.1, 0.15) is 43.2 Å². The van der Waals surface area contributed by atoms with Gasteiger partial charge in [-0.25, -0.2) is 0 Å². The molecule has 162 valence electrons. The van der Waals surface area contributed by atoms with Gasteiger partial charge in [0.2, 0.25) is 0 Å². The lowest BCUT2D eigenvalue weighted by molar-refractivity contribution is 0.121. The predicted molar refractivity (Wildman–Crippen MR) is 120 cm³/mol. The number of benzene rings is 2. The lowest BCUT2D eigenvalue weighted by Gasteiger charge is -2.42. The van der Waals surface area contributed by atoms with Gasteiger partial charge in [0.05, 0.1) is 12.0 Å². The van der Waals surface area contributed by atoms with Crippen molar-refractivity contribution < 1.29 is 17.7 Å². The number of likely N-dealkylation sites (tertiary alicyclic amines) is 1. The molecule has 0 radical (unpaired) electrons. The Labute approximate surface area is 180 Å². The Bertz CT molecular complexity index is 946. The van der Waals surface area contributed by atoms with E-state index in [4.69, 9.17) is 9.29 Å². The van der Waals surface area contributed by atoms with E-state index in [1.165, 1.54) is 62.9 Å². The van der Waals surface area contributed by atoms with Crippen LogP contribution in [-0.2, 0) is 10.1 Å². The molecule has 2 fully saturated rings. The molecule has 2 aliphatic rings. The maximum atomic E-state index is 10.5. The summed E-state index contributed by atoms with van der Waals surface area (Å²) in [5.41, 5.74) is 3.90. The second kappa shape index (κ2) is 10.2. The largest absolute Gasteiger partial charge is 0.497 e. The molecule has 0 aromatic heterocycles. The second-order valence-corrected chi connectivity index (χ2v) is 9.35. The van der Waals surface area contributed by atoms with Crippen LogP contribution in [0.2, 0.25) is 0 Å². The fourth-order valence-electron chi connectivity index (χ4n) is 3.88. The van der Waals surface area contributed by atoms with E-state index in [9.17, 15) is 8.42 Å². The first kappa shape index (κ1) is 22.5. The van der Waals surface area contributed by atoms with E-state index in [0.29, 0.717) is 6.04 Å². The molecular formula is C24H31NO4S. The van der Waals surface area contributed by atoms with Gasteiger partial charge in [0.25, 0.3) is 10.1 Å². The Morgan fingerprint density at radius 1 is 1.00 bits per heavy atom. The van der Waals surface area contributed by atoms with Gasteiger partial charge in [0.1, 0.15) is 5.75 Å². The minimum atomic E-state index is -4.02. The van der Waals surface area contributed by atoms with Crippen molar-refractivity contribution in [1.29, 1.82) is 0 Å². The Hall–Kier alpha value is -2.15. The van der Waals surface area contributed by atoms with E-state index in [0.717, 1.165) is 11.3 Å². The SMILES string of the molecule is COc1ccc(/C=C2/CCCCC2N2CCC2)cc1.Cc1ccc(S(=O)(=O)O)cc1. The summed E-state index contributed by atoms with van der Waals surface area (Å²) in [6.45, 7) is 4.43. The fourth-order valence-corrected chi connectivity index (χ4v) is 4.36. The van der Waals surface area contributed by atoms with Gasteiger partial charge >= 0.3 is 0 Å². The molecule has 2 aromatic carbocycles. The molecule has 1 saturated heterocycles. The average Bonchev–Trinajstić information content (AvgIpc) is 2.69. The van der Waals surface area contributed by atoms with Crippen molar-refractivity contribution in [3.05, 3.63) is 65.2 Å². The second-order valence-electron chi connectivity index (χ2n) is 7.93. The van der Waals surface area contributed by atoms with Gasteiger partial charge in [0, 0.05) is 6.04 Å². The van der Waals surface area contributed by atoms with Gasteiger partial charge in [-0.3, -0.25) is 9.45 Å². The van der Waals surface area contributed by atoms with Gasteiger partial charge in [-0.1, -0.05) is 47.9 Å². The van der Waals surface area contributed by atoms with Gasteiger partial charge in [-0.2, -0.15) is 8.42 Å². The summed E-state index contributed by atoms with van der Waals surface area (Å²) < 4.78 is 34.8. The summed E-state index contributed by atoms with van der Waals surface area (Å²) in [5.74, 6) is 0.935. The maximum Gasteiger partial charge on any atom is 0.294 e. The number of aryl methyl sites for hydroxylation is 1. The van der Waals surface area contributed by atoms with Crippen molar-refractivity contribution in [3.63, 3.8) is 0 Å². The summed E-state index contributed by atoms with van der Waals surface area (Å²) in [7, 11) is -2.30. The first-order chi connectivity index (χ1) is 14.4. The van der Waals surface area contributed by atoms with Crippen molar-refractivity contribution in [2.45, 2.75) is 50.0 Å².